The third kappa shape index (κ3) is 3.47. The van der Waals surface area contributed by atoms with Crippen LogP contribution in [-0.2, 0) is 0 Å². The van der Waals surface area contributed by atoms with Crippen molar-refractivity contribution in [3.8, 4) is 11.8 Å². The van der Waals surface area contributed by atoms with E-state index in [0.717, 1.165) is 12.8 Å². The average molecular weight is 247 g/mol. The molecule has 1 aliphatic carbocycles. The van der Waals surface area contributed by atoms with Crippen molar-refractivity contribution in [2.45, 2.75) is 18.9 Å². The first-order chi connectivity index (χ1) is 8.69. The highest BCUT2D eigenvalue weighted by Crippen LogP contribution is 2.19. The van der Waals surface area contributed by atoms with Crippen LogP contribution >= 0.6 is 0 Å². The minimum atomic E-state index is -0.509. The number of anilines is 1. The molecule has 0 atom stereocenters. The molecule has 4 N–H and O–H groups in total. The Labute approximate surface area is 105 Å². The van der Waals surface area contributed by atoms with E-state index in [4.69, 9.17) is 5.73 Å². The Balaban J connectivity index is 2.01. The molecule has 1 aromatic carbocycles. The molecular weight excluding hydrogens is 233 g/mol. The first-order valence-electron chi connectivity index (χ1n) is 5.75. The quantitative estimate of drug-likeness (QED) is 0.692. The van der Waals surface area contributed by atoms with Crippen LogP contribution < -0.4 is 16.4 Å². The molecule has 2 rings (SSSR count). The second-order valence-corrected chi connectivity index (χ2v) is 4.07. The Morgan fingerprint density at radius 1 is 1.50 bits per heavy atom. The monoisotopic (exact) mass is 247 g/mol. The summed E-state index contributed by atoms with van der Waals surface area (Å²) in [5, 5.41) is 5.18. The maximum absolute atomic E-state index is 13.6. The van der Waals surface area contributed by atoms with Gasteiger partial charge < -0.3 is 16.4 Å². The summed E-state index contributed by atoms with van der Waals surface area (Å²) in [5.74, 6) is 4.85. The number of urea groups is 1. The molecule has 0 bridgehead atoms. The fourth-order valence-corrected chi connectivity index (χ4v) is 1.42. The highest BCUT2D eigenvalue weighted by atomic mass is 19.1. The molecular formula is C13H14FN3O. The molecule has 0 unspecified atom stereocenters. The maximum atomic E-state index is 13.6. The molecule has 2 amide bonds. The van der Waals surface area contributed by atoms with Gasteiger partial charge in [-0.05, 0) is 31.0 Å². The first kappa shape index (κ1) is 12.4. The molecule has 0 aromatic heterocycles. The van der Waals surface area contributed by atoms with Gasteiger partial charge in [0.2, 0.25) is 0 Å². The lowest BCUT2D eigenvalue weighted by Crippen LogP contribution is -2.30. The summed E-state index contributed by atoms with van der Waals surface area (Å²) in [5.41, 5.74) is 5.91. The minimum absolute atomic E-state index is 0.145. The average Bonchev–Trinajstić information content (AvgIpc) is 3.13. The number of benzene rings is 1. The molecule has 0 aliphatic heterocycles. The summed E-state index contributed by atoms with van der Waals surface area (Å²) in [6.45, 7) is 0.228. The van der Waals surface area contributed by atoms with E-state index < -0.39 is 5.82 Å². The van der Waals surface area contributed by atoms with Crippen molar-refractivity contribution in [2.24, 2.45) is 5.73 Å². The fraction of sp³-hybridized carbons (Fsp3) is 0.308. The van der Waals surface area contributed by atoms with Gasteiger partial charge in [-0.1, -0.05) is 11.8 Å². The second kappa shape index (κ2) is 5.52. The van der Waals surface area contributed by atoms with Crippen LogP contribution in [0.25, 0.3) is 0 Å². The molecule has 0 radical (unpaired) electrons. The highest BCUT2D eigenvalue weighted by Gasteiger charge is 2.23. The number of carbonyl (C=O) groups is 1. The molecule has 1 aromatic rings. The predicted molar refractivity (Wildman–Crippen MR) is 67.5 cm³/mol. The summed E-state index contributed by atoms with van der Waals surface area (Å²) in [6.07, 6.45) is 1.98. The molecule has 1 aliphatic rings. The fourth-order valence-electron chi connectivity index (χ4n) is 1.42. The van der Waals surface area contributed by atoms with E-state index in [1.807, 2.05) is 0 Å². The number of halogens is 1. The molecule has 0 saturated heterocycles. The SMILES string of the molecule is NCC#Cc1ccc(NC(=O)NC2CC2)c(F)c1. The molecule has 1 saturated carbocycles. The topological polar surface area (TPSA) is 67.1 Å². The van der Waals surface area contributed by atoms with Gasteiger partial charge in [0.05, 0.1) is 12.2 Å². The second-order valence-electron chi connectivity index (χ2n) is 4.07. The van der Waals surface area contributed by atoms with E-state index in [1.165, 1.54) is 12.1 Å². The van der Waals surface area contributed by atoms with E-state index in [2.05, 4.69) is 22.5 Å². The number of hydrogen-bond acceptors (Lipinski definition) is 2. The van der Waals surface area contributed by atoms with Gasteiger partial charge >= 0.3 is 6.03 Å². The van der Waals surface area contributed by atoms with Crippen molar-refractivity contribution in [2.75, 3.05) is 11.9 Å². The summed E-state index contributed by atoms with van der Waals surface area (Å²) in [6, 6.07) is 4.26. The van der Waals surface area contributed by atoms with Gasteiger partial charge in [-0.15, -0.1) is 0 Å². The number of nitrogens with two attached hydrogens (primary N) is 1. The van der Waals surface area contributed by atoms with Crippen LogP contribution in [0.3, 0.4) is 0 Å². The van der Waals surface area contributed by atoms with E-state index in [0.29, 0.717) is 5.56 Å². The predicted octanol–water partition coefficient (Wildman–Crippen LogP) is 1.42. The van der Waals surface area contributed by atoms with E-state index in [-0.39, 0.29) is 24.3 Å². The summed E-state index contributed by atoms with van der Waals surface area (Å²) in [4.78, 5) is 11.4. The van der Waals surface area contributed by atoms with Crippen LogP contribution in [0.15, 0.2) is 18.2 Å². The van der Waals surface area contributed by atoms with Gasteiger partial charge in [0.25, 0.3) is 0 Å². The van der Waals surface area contributed by atoms with E-state index in [1.54, 1.807) is 6.07 Å². The van der Waals surface area contributed by atoms with Gasteiger partial charge in [-0.25, -0.2) is 9.18 Å². The Morgan fingerprint density at radius 3 is 2.89 bits per heavy atom. The van der Waals surface area contributed by atoms with Crippen LogP contribution in [0.5, 0.6) is 0 Å². The Morgan fingerprint density at radius 2 is 2.28 bits per heavy atom. The van der Waals surface area contributed by atoms with Crippen LogP contribution in [0.2, 0.25) is 0 Å². The zero-order chi connectivity index (χ0) is 13.0. The smallest absolute Gasteiger partial charge is 0.319 e. The van der Waals surface area contributed by atoms with Crippen LogP contribution in [0.4, 0.5) is 14.9 Å². The van der Waals surface area contributed by atoms with E-state index >= 15 is 0 Å². The summed E-state index contributed by atoms with van der Waals surface area (Å²) < 4.78 is 13.6. The number of hydrogen-bond donors (Lipinski definition) is 3. The van der Waals surface area contributed by atoms with Crippen molar-refractivity contribution in [1.29, 1.82) is 0 Å². The molecule has 94 valence electrons. The van der Waals surface area contributed by atoms with Gasteiger partial charge in [0, 0.05) is 11.6 Å². The van der Waals surface area contributed by atoms with Crippen LogP contribution in [0.1, 0.15) is 18.4 Å². The van der Waals surface area contributed by atoms with Crippen molar-refractivity contribution >= 4 is 11.7 Å². The standard InChI is InChI=1S/C13H14FN3O/c14-11-8-9(2-1-7-15)3-6-12(11)17-13(18)16-10-4-5-10/h3,6,8,10H,4-5,7,15H2,(H2,16,17,18). The number of carbonyl (C=O) groups excluding carboxylic acids is 1. The number of rotatable bonds is 2. The van der Waals surface area contributed by atoms with Crippen molar-refractivity contribution < 1.29 is 9.18 Å². The third-order valence-corrected chi connectivity index (χ3v) is 2.46. The highest BCUT2D eigenvalue weighted by molar-refractivity contribution is 5.89. The largest absolute Gasteiger partial charge is 0.335 e. The minimum Gasteiger partial charge on any atom is -0.335 e. The molecule has 0 spiro atoms. The van der Waals surface area contributed by atoms with Crippen molar-refractivity contribution in [1.82, 2.24) is 5.32 Å². The van der Waals surface area contributed by atoms with Crippen LogP contribution in [0, 0.1) is 17.7 Å². The van der Waals surface area contributed by atoms with Gasteiger partial charge in [0.15, 0.2) is 0 Å². The Hall–Kier alpha value is -2.06. The molecule has 5 heteroatoms. The zero-order valence-electron chi connectivity index (χ0n) is 9.79. The van der Waals surface area contributed by atoms with Crippen molar-refractivity contribution in [3.63, 3.8) is 0 Å². The van der Waals surface area contributed by atoms with Gasteiger partial charge in [0.1, 0.15) is 5.82 Å². The Kier molecular flexibility index (Phi) is 3.80. The van der Waals surface area contributed by atoms with Gasteiger partial charge in [-0.3, -0.25) is 0 Å². The first-order valence-corrected chi connectivity index (χ1v) is 5.75. The van der Waals surface area contributed by atoms with E-state index in [9.17, 15) is 9.18 Å². The van der Waals surface area contributed by atoms with Crippen molar-refractivity contribution in [3.05, 3.63) is 29.6 Å². The molecule has 1 fully saturated rings. The molecule has 4 nitrogen and oxygen atoms in total. The normalized spacial score (nSPS) is 13.4. The summed E-state index contributed by atoms with van der Waals surface area (Å²) in [7, 11) is 0. The number of amides is 2. The molecule has 0 heterocycles. The van der Waals surface area contributed by atoms with Gasteiger partial charge in [-0.2, -0.15) is 0 Å². The summed E-state index contributed by atoms with van der Waals surface area (Å²) >= 11 is 0. The third-order valence-electron chi connectivity index (χ3n) is 2.46. The zero-order valence-corrected chi connectivity index (χ0v) is 9.79. The lowest BCUT2D eigenvalue weighted by Gasteiger charge is -2.07. The lowest BCUT2D eigenvalue weighted by molar-refractivity contribution is 0.251. The van der Waals surface area contributed by atoms with Crippen LogP contribution in [-0.4, -0.2) is 18.6 Å². The maximum Gasteiger partial charge on any atom is 0.319 e. The number of nitrogens with one attached hydrogen (secondary N) is 2. The Bertz CT molecular complexity index is 515. The lowest BCUT2D eigenvalue weighted by atomic mass is 10.2. The molecule has 18 heavy (non-hydrogen) atoms.